The molecular formula is C26H34N6O. The van der Waals surface area contributed by atoms with Crippen molar-refractivity contribution in [2.75, 3.05) is 37.7 Å². The van der Waals surface area contributed by atoms with E-state index in [1.807, 2.05) is 11.6 Å². The lowest BCUT2D eigenvalue weighted by molar-refractivity contribution is 0.122. The second-order valence-electron chi connectivity index (χ2n) is 8.28. The van der Waals surface area contributed by atoms with Crippen molar-refractivity contribution >= 4 is 11.6 Å². The molecule has 0 saturated carbocycles. The number of aliphatic imine (C=N–C) groups is 1. The molecule has 0 aliphatic carbocycles. The van der Waals surface area contributed by atoms with Gasteiger partial charge >= 0.3 is 0 Å². The van der Waals surface area contributed by atoms with Crippen LogP contribution >= 0.6 is 0 Å². The molecule has 2 N–H and O–H groups in total. The van der Waals surface area contributed by atoms with Gasteiger partial charge in [0.1, 0.15) is 0 Å². The minimum absolute atomic E-state index is 0.623. The summed E-state index contributed by atoms with van der Waals surface area (Å²) in [5.74, 6) is 0.804. The molecule has 0 spiro atoms. The van der Waals surface area contributed by atoms with E-state index in [1.165, 1.54) is 16.8 Å². The number of nitrogens with one attached hydrogen (secondary N) is 2. The van der Waals surface area contributed by atoms with Crippen LogP contribution in [-0.4, -0.2) is 48.6 Å². The van der Waals surface area contributed by atoms with Crippen molar-refractivity contribution in [1.29, 1.82) is 0 Å². The topological polar surface area (TPSA) is 66.7 Å². The number of hydrogen-bond acceptors (Lipinski definition) is 4. The van der Waals surface area contributed by atoms with Gasteiger partial charge in [0.05, 0.1) is 31.1 Å². The third kappa shape index (κ3) is 5.93. The fraction of sp³-hybridized carbons (Fsp3) is 0.385. The highest BCUT2D eigenvalue weighted by Crippen LogP contribution is 2.18. The molecule has 0 bridgehead atoms. The molecule has 0 radical (unpaired) electrons. The maximum atomic E-state index is 5.45. The number of hydrogen-bond donors (Lipinski definition) is 2. The highest BCUT2D eigenvalue weighted by molar-refractivity contribution is 5.79. The van der Waals surface area contributed by atoms with Crippen LogP contribution in [0.15, 0.2) is 59.6 Å². The van der Waals surface area contributed by atoms with E-state index in [2.05, 4.69) is 89.1 Å². The van der Waals surface area contributed by atoms with E-state index in [0.717, 1.165) is 55.9 Å². The van der Waals surface area contributed by atoms with Gasteiger partial charge in [-0.25, -0.2) is 9.67 Å². The predicted octanol–water partition coefficient (Wildman–Crippen LogP) is 3.58. The molecule has 7 nitrogen and oxygen atoms in total. The van der Waals surface area contributed by atoms with Gasteiger partial charge in [0.25, 0.3) is 0 Å². The maximum absolute atomic E-state index is 5.45. The summed E-state index contributed by atoms with van der Waals surface area (Å²) in [6.07, 6.45) is 0. The van der Waals surface area contributed by atoms with Crippen LogP contribution in [0.1, 0.15) is 29.4 Å². The molecule has 0 atom stereocenters. The minimum Gasteiger partial charge on any atom is -0.378 e. The zero-order chi connectivity index (χ0) is 23.0. The molecule has 4 rings (SSSR count). The molecule has 2 aromatic carbocycles. The normalized spacial score (nSPS) is 14.4. The molecule has 1 aromatic heterocycles. The molecule has 7 heteroatoms. The molecular weight excluding hydrogens is 412 g/mol. The third-order valence-electron chi connectivity index (χ3n) is 5.75. The van der Waals surface area contributed by atoms with Crippen LogP contribution in [0.3, 0.4) is 0 Å². The van der Waals surface area contributed by atoms with E-state index in [-0.39, 0.29) is 0 Å². The molecule has 1 fully saturated rings. The Balaban J connectivity index is 1.42. The lowest BCUT2D eigenvalue weighted by Gasteiger charge is -2.28. The predicted molar refractivity (Wildman–Crippen MR) is 134 cm³/mol. The second kappa shape index (κ2) is 11.0. The van der Waals surface area contributed by atoms with Crippen LogP contribution < -0.4 is 15.5 Å². The van der Waals surface area contributed by atoms with Crippen molar-refractivity contribution in [2.45, 2.75) is 33.9 Å². The summed E-state index contributed by atoms with van der Waals surface area (Å²) >= 11 is 0. The average Bonchev–Trinajstić information content (AvgIpc) is 3.19. The van der Waals surface area contributed by atoms with E-state index < -0.39 is 0 Å². The van der Waals surface area contributed by atoms with Gasteiger partial charge < -0.3 is 20.3 Å². The van der Waals surface area contributed by atoms with Gasteiger partial charge in [0.15, 0.2) is 5.96 Å². The Morgan fingerprint density at radius 1 is 1.03 bits per heavy atom. The first-order valence-electron chi connectivity index (χ1n) is 11.7. The summed E-state index contributed by atoms with van der Waals surface area (Å²) in [7, 11) is 0. The van der Waals surface area contributed by atoms with Crippen molar-refractivity contribution in [1.82, 2.24) is 20.4 Å². The van der Waals surface area contributed by atoms with Gasteiger partial charge in [-0.3, -0.25) is 0 Å². The summed E-state index contributed by atoms with van der Waals surface area (Å²) in [5, 5.41) is 11.5. The summed E-state index contributed by atoms with van der Waals surface area (Å²) in [6.45, 7) is 11.8. The standard InChI is InChI=1S/C26H34N6O/c1-4-27-26(28-18-22-9-11-24(12-10-22)31-13-15-33-16-14-31)29-19-23-7-5-6-8-25(23)32-21(3)17-20(2)30-32/h5-12,17H,4,13-16,18-19H2,1-3H3,(H2,27,28,29). The Bertz CT molecular complexity index is 1070. The minimum atomic E-state index is 0.623. The highest BCUT2D eigenvalue weighted by Gasteiger charge is 2.11. The Morgan fingerprint density at radius 3 is 2.48 bits per heavy atom. The first-order chi connectivity index (χ1) is 16.1. The van der Waals surface area contributed by atoms with Crippen molar-refractivity contribution in [2.24, 2.45) is 4.99 Å². The Morgan fingerprint density at radius 2 is 1.79 bits per heavy atom. The summed E-state index contributed by atoms with van der Waals surface area (Å²) in [5.41, 5.74) is 6.84. The molecule has 0 unspecified atom stereocenters. The number of rotatable bonds is 7. The fourth-order valence-corrected chi connectivity index (χ4v) is 4.06. The molecule has 1 aliphatic heterocycles. The van der Waals surface area contributed by atoms with Gasteiger partial charge in [-0.1, -0.05) is 30.3 Å². The van der Waals surface area contributed by atoms with Crippen LogP contribution in [0, 0.1) is 13.8 Å². The number of benzene rings is 2. The lowest BCUT2D eigenvalue weighted by atomic mass is 10.1. The molecule has 33 heavy (non-hydrogen) atoms. The fourth-order valence-electron chi connectivity index (χ4n) is 4.06. The van der Waals surface area contributed by atoms with Crippen molar-refractivity contribution in [3.8, 4) is 5.69 Å². The maximum Gasteiger partial charge on any atom is 0.191 e. The molecule has 1 saturated heterocycles. The number of aryl methyl sites for hydroxylation is 2. The SMILES string of the molecule is CCNC(=NCc1ccc(N2CCOCC2)cc1)NCc1ccccc1-n1nc(C)cc1C. The number of nitrogens with zero attached hydrogens (tertiary/aromatic N) is 4. The van der Waals surface area contributed by atoms with Crippen LogP contribution in [0.2, 0.25) is 0 Å². The van der Waals surface area contributed by atoms with Crippen LogP contribution in [0.4, 0.5) is 5.69 Å². The molecule has 174 valence electrons. The quantitative estimate of drug-likeness (QED) is 0.429. The van der Waals surface area contributed by atoms with Gasteiger partial charge in [0, 0.05) is 37.6 Å². The number of ether oxygens (including phenoxy) is 1. The zero-order valence-corrected chi connectivity index (χ0v) is 19.8. The van der Waals surface area contributed by atoms with Gasteiger partial charge in [-0.2, -0.15) is 5.10 Å². The van der Waals surface area contributed by atoms with Crippen molar-refractivity contribution in [3.63, 3.8) is 0 Å². The van der Waals surface area contributed by atoms with Crippen LogP contribution in [0.25, 0.3) is 5.69 Å². The molecule has 3 aromatic rings. The van der Waals surface area contributed by atoms with Crippen LogP contribution in [0.5, 0.6) is 0 Å². The van der Waals surface area contributed by atoms with Gasteiger partial charge in [0.2, 0.25) is 0 Å². The van der Waals surface area contributed by atoms with Gasteiger partial charge in [-0.05, 0) is 56.2 Å². The number of aromatic nitrogens is 2. The largest absolute Gasteiger partial charge is 0.378 e. The third-order valence-corrected chi connectivity index (χ3v) is 5.75. The number of guanidine groups is 1. The smallest absolute Gasteiger partial charge is 0.191 e. The Hall–Kier alpha value is -3.32. The lowest BCUT2D eigenvalue weighted by Crippen LogP contribution is -2.37. The number of anilines is 1. The molecule has 0 amide bonds. The van der Waals surface area contributed by atoms with Gasteiger partial charge in [-0.15, -0.1) is 0 Å². The average molecular weight is 447 g/mol. The van der Waals surface area contributed by atoms with E-state index in [4.69, 9.17) is 9.73 Å². The second-order valence-corrected chi connectivity index (χ2v) is 8.28. The Kier molecular flexibility index (Phi) is 7.62. The summed E-state index contributed by atoms with van der Waals surface area (Å²) < 4.78 is 7.46. The van der Waals surface area contributed by atoms with E-state index in [1.54, 1.807) is 0 Å². The van der Waals surface area contributed by atoms with Crippen LogP contribution in [-0.2, 0) is 17.8 Å². The summed E-state index contributed by atoms with van der Waals surface area (Å²) in [4.78, 5) is 7.17. The number of morpholine rings is 1. The molecule has 1 aliphatic rings. The first kappa shape index (κ1) is 22.9. The van der Waals surface area contributed by atoms with E-state index in [9.17, 15) is 0 Å². The first-order valence-corrected chi connectivity index (χ1v) is 11.7. The monoisotopic (exact) mass is 446 g/mol. The van der Waals surface area contributed by atoms with E-state index in [0.29, 0.717) is 13.1 Å². The zero-order valence-electron chi connectivity index (χ0n) is 19.8. The van der Waals surface area contributed by atoms with Crippen molar-refractivity contribution in [3.05, 3.63) is 77.1 Å². The highest BCUT2D eigenvalue weighted by atomic mass is 16.5. The number of para-hydroxylation sites is 1. The molecule has 2 heterocycles. The summed E-state index contributed by atoms with van der Waals surface area (Å²) in [6, 6.07) is 19.1. The van der Waals surface area contributed by atoms with E-state index >= 15 is 0 Å². The van der Waals surface area contributed by atoms with Crippen molar-refractivity contribution < 1.29 is 4.74 Å². The Labute approximate surface area is 196 Å².